The van der Waals surface area contributed by atoms with Crippen LogP contribution in [0, 0.1) is 0 Å². The first-order chi connectivity index (χ1) is 5.56. The molecule has 1 heterocycles. The number of ketones is 1. The normalized spacial score (nSPS) is 24.4. The standard InChI is InChI=1S/C10H19NO/c1-4-7-11-8-9(12)5-6-10(11,2)3/h4-8H2,1-3H3. The summed E-state index contributed by atoms with van der Waals surface area (Å²) in [5, 5.41) is 0. The molecule has 0 amide bonds. The number of nitrogens with zero attached hydrogens (tertiary/aromatic N) is 1. The number of Topliss-reactive ketones (excluding diaryl/α,β-unsaturated/α-hetero) is 1. The van der Waals surface area contributed by atoms with E-state index in [1.54, 1.807) is 0 Å². The Morgan fingerprint density at radius 2 is 2.17 bits per heavy atom. The average Bonchev–Trinajstić information content (AvgIpc) is 1.98. The Labute approximate surface area is 74.9 Å². The van der Waals surface area contributed by atoms with Crippen molar-refractivity contribution in [2.45, 2.75) is 45.6 Å². The van der Waals surface area contributed by atoms with Gasteiger partial charge in [0, 0.05) is 12.0 Å². The summed E-state index contributed by atoms with van der Waals surface area (Å²) >= 11 is 0. The van der Waals surface area contributed by atoms with Crippen LogP contribution in [0.3, 0.4) is 0 Å². The van der Waals surface area contributed by atoms with Crippen LogP contribution in [-0.4, -0.2) is 29.3 Å². The number of rotatable bonds is 2. The van der Waals surface area contributed by atoms with E-state index in [-0.39, 0.29) is 5.54 Å². The van der Waals surface area contributed by atoms with E-state index in [4.69, 9.17) is 0 Å². The highest BCUT2D eigenvalue weighted by atomic mass is 16.1. The minimum absolute atomic E-state index is 0.240. The number of hydrogen-bond acceptors (Lipinski definition) is 2. The topological polar surface area (TPSA) is 20.3 Å². The van der Waals surface area contributed by atoms with Crippen LogP contribution in [-0.2, 0) is 4.79 Å². The number of piperidine rings is 1. The second-order valence-corrected chi connectivity index (χ2v) is 4.27. The first kappa shape index (κ1) is 9.72. The van der Waals surface area contributed by atoms with Crippen LogP contribution in [0.5, 0.6) is 0 Å². The van der Waals surface area contributed by atoms with Crippen LogP contribution in [0.25, 0.3) is 0 Å². The lowest BCUT2D eigenvalue weighted by molar-refractivity contribution is -0.125. The van der Waals surface area contributed by atoms with Crippen LogP contribution in [0.15, 0.2) is 0 Å². The summed E-state index contributed by atoms with van der Waals surface area (Å²) < 4.78 is 0. The smallest absolute Gasteiger partial charge is 0.146 e. The molecule has 2 heteroatoms. The van der Waals surface area contributed by atoms with Crippen LogP contribution >= 0.6 is 0 Å². The third-order valence-corrected chi connectivity index (χ3v) is 2.73. The molecule has 1 rings (SSSR count). The maximum atomic E-state index is 11.2. The van der Waals surface area contributed by atoms with Gasteiger partial charge in [0.1, 0.15) is 5.78 Å². The number of hydrogen-bond donors (Lipinski definition) is 0. The van der Waals surface area contributed by atoms with Crippen molar-refractivity contribution in [1.82, 2.24) is 4.90 Å². The molecule has 1 aliphatic rings. The first-order valence-corrected chi connectivity index (χ1v) is 4.83. The van der Waals surface area contributed by atoms with Crippen molar-refractivity contribution in [2.24, 2.45) is 0 Å². The Kier molecular flexibility index (Phi) is 2.89. The number of likely N-dealkylation sites (tertiary alicyclic amines) is 1. The zero-order chi connectivity index (χ0) is 9.19. The maximum Gasteiger partial charge on any atom is 0.146 e. The molecule has 0 aliphatic carbocycles. The van der Waals surface area contributed by atoms with Gasteiger partial charge in [0.05, 0.1) is 6.54 Å². The van der Waals surface area contributed by atoms with Gasteiger partial charge in [-0.1, -0.05) is 6.92 Å². The zero-order valence-corrected chi connectivity index (χ0v) is 8.39. The second kappa shape index (κ2) is 3.56. The van der Waals surface area contributed by atoms with Gasteiger partial charge in [0.25, 0.3) is 0 Å². The fraction of sp³-hybridized carbons (Fsp3) is 0.900. The lowest BCUT2D eigenvalue weighted by atomic mass is 9.90. The third kappa shape index (κ3) is 2.07. The SMILES string of the molecule is CCCN1CC(=O)CCC1(C)C. The highest BCUT2D eigenvalue weighted by Gasteiger charge is 2.32. The van der Waals surface area contributed by atoms with Crippen LogP contribution in [0.4, 0.5) is 0 Å². The number of carbonyl (C=O) groups excluding carboxylic acids is 1. The molecule has 0 spiro atoms. The van der Waals surface area contributed by atoms with Gasteiger partial charge in [-0.25, -0.2) is 0 Å². The highest BCUT2D eigenvalue weighted by molar-refractivity contribution is 5.81. The molecule has 0 radical (unpaired) electrons. The van der Waals surface area contributed by atoms with Crippen molar-refractivity contribution < 1.29 is 4.79 Å². The number of carbonyl (C=O) groups is 1. The molecule has 0 unspecified atom stereocenters. The molecule has 70 valence electrons. The molecule has 0 atom stereocenters. The molecule has 1 fully saturated rings. The predicted octanol–water partition coefficient (Wildman–Crippen LogP) is 1.84. The molecule has 1 saturated heterocycles. The first-order valence-electron chi connectivity index (χ1n) is 4.83. The summed E-state index contributed by atoms with van der Waals surface area (Å²) in [7, 11) is 0. The molecule has 0 saturated carbocycles. The summed E-state index contributed by atoms with van der Waals surface area (Å²) in [4.78, 5) is 13.5. The molecule has 0 N–H and O–H groups in total. The largest absolute Gasteiger partial charge is 0.298 e. The molecule has 0 aromatic carbocycles. The maximum absolute atomic E-state index is 11.2. The predicted molar refractivity (Wildman–Crippen MR) is 50.2 cm³/mol. The van der Waals surface area contributed by atoms with Crippen molar-refractivity contribution in [3.63, 3.8) is 0 Å². The molecule has 0 aromatic rings. The van der Waals surface area contributed by atoms with E-state index in [1.165, 1.54) is 0 Å². The molecule has 0 aromatic heterocycles. The molecule has 12 heavy (non-hydrogen) atoms. The van der Waals surface area contributed by atoms with E-state index in [2.05, 4.69) is 25.7 Å². The summed E-state index contributed by atoms with van der Waals surface area (Å²) in [6.45, 7) is 8.35. The fourth-order valence-electron chi connectivity index (χ4n) is 1.76. The minimum atomic E-state index is 0.240. The summed E-state index contributed by atoms with van der Waals surface area (Å²) in [6.07, 6.45) is 2.93. The van der Waals surface area contributed by atoms with Crippen LogP contribution in [0.1, 0.15) is 40.0 Å². The van der Waals surface area contributed by atoms with Crippen molar-refractivity contribution in [3.8, 4) is 0 Å². The van der Waals surface area contributed by atoms with Crippen LogP contribution < -0.4 is 0 Å². The van der Waals surface area contributed by atoms with Crippen molar-refractivity contribution in [1.29, 1.82) is 0 Å². The lowest BCUT2D eigenvalue weighted by Crippen LogP contribution is -2.50. The van der Waals surface area contributed by atoms with Crippen molar-refractivity contribution >= 4 is 5.78 Å². The molecule has 1 aliphatic heterocycles. The Hall–Kier alpha value is -0.370. The van der Waals surface area contributed by atoms with Gasteiger partial charge in [0.2, 0.25) is 0 Å². The van der Waals surface area contributed by atoms with Crippen LogP contribution in [0.2, 0.25) is 0 Å². The van der Waals surface area contributed by atoms with Gasteiger partial charge in [0.15, 0.2) is 0 Å². The van der Waals surface area contributed by atoms with E-state index < -0.39 is 0 Å². The van der Waals surface area contributed by atoms with E-state index in [0.717, 1.165) is 25.8 Å². The summed E-state index contributed by atoms with van der Waals surface area (Å²) in [5.41, 5.74) is 0.240. The van der Waals surface area contributed by atoms with E-state index in [9.17, 15) is 4.79 Å². The summed E-state index contributed by atoms with van der Waals surface area (Å²) in [6, 6.07) is 0. The second-order valence-electron chi connectivity index (χ2n) is 4.27. The van der Waals surface area contributed by atoms with Crippen molar-refractivity contribution in [3.05, 3.63) is 0 Å². The Bertz CT molecular complexity index is 175. The van der Waals surface area contributed by atoms with Gasteiger partial charge in [-0.15, -0.1) is 0 Å². The highest BCUT2D eigenvalue weighted by Crippen LogP contribution is 2.25. The molecule has 0 bridgehead atoms. The zero-order valence-electron chi connectivity index (χ0n) is 8.39. The Morgan fingerprint density at radius 1 is 1.50 bits per heavy atom. The monoisotopic (exact) mass is 169 g/mol. The third-order valence-electron chi connectivity index (χ3n) is 2.73. The average molecular weight is 169 g/mol. The Balaban J connectivity index is 2.58. The molecular weight excluding hydrogens is 150 g/mol. The van der Waals surface area contributed by atoms with Gasteiger partial charge >= 0.3 is 0 Å². The lowest BCUT2D eigenvalue weighted by Gasteiger charge is -2.41. The quantitative estimate of drug-likeness (QED) is 0.628. The molecular formula is C10H19NO. The van der Waals surface area contributed by atoms with Gasteiger partial charge in [-0.2, -0.15) is 0 Å². The molecule has 2 nitrogen and oxygen atoms in total. The van der Waals surface area contributed by atoms with Gasteiger partial charge < -0.3 is 0 Å². The van der Waals surface area contributed by atoms with E-state index in [1.807, 2.05) is 0 Å². The van der Waals surface area contributed by atoms with Gasteiger partial charge in [-0.3, -0.25) is 9.69 Å². The minimum Gasteiger partial charge on any atom is -0.298 e. The Morgan fingerprint density at radius 3 is 2.75 bits per heavy atom. The van der Waals surface area contributed by atoms with Crippen molar-refractivity contribution in [2.75, 3.05) is 13.1 Å². The van der Waals surface area contributed by atoms with E-state index >= 15 is 0 Å². The fourth-order valence-corrected chi connectivity index (χ4v) is 1.76. The van der Waals surface area contributed by atoms with E-state index in [0.29, 0.717) is 12.3 Å². The van der Waals surface area contributed by atoms with Gasteiger partial charge in [-0.05, 0) is 33.2 Å². The summed E-state index contributed by atoms with van der Waals surface area (Å²) in [5.74, 6) is 0.405.